The van der Waals surface area contributed by atoms with Crippen molar-refractivity contribution in [1.82, 2.24) is 9.21 Å². The standard InChI is InChI=1S/C18H28N2O5S/c1-4-5-12-26(22,23)20-10-8-19(9-11-20)14-16(21)15-6-7-17(24-2)18(13-15)25-3/h6-7,13H,4-5,8-12,14H2,1-3H3. The molecule has 1 heterocycles. The molecule has 0 amide bonds. The summed E-state index contributed by atoms with van der Waals surface area (Å²) in [6, 6.07) is 5.10. The van der Waals surface area contributed by atoms with Crippen molar-refractivity contribution in [3.05, 3.63) is 23.8 Å². The quantitative estimate of drug-likeness (QED) is 0.603. The molecule has 0 unspecified atom stereocenters. The number of Topliss-reactive ketones (excluding diaryl/α,β-unsaturated/α-hetero) is 1. The lowest BCUT2D eigenvalue weighted by molar-refractivity contribution is 0.0901. The number of carbonyl (C=O) groups excluding carboxylic acids is 1. The van der Waals surface area contributed by atoms with Crippen LogP contribution in [-0.4, -0.2) is 76.1 Å². The third kappa shape index (κ3) is 5.18. The molecule has 1 aliphatic rings. The first kappa shape index (κ1) is 20.7. The van der Waals surface area contributed by atoms with Crippen molar-refractivity contribution < 1.29 is 22.7 Å². The van der Waals surface area contributed by atoms with Crippen LogP contribution in [0.3, 0.4) is 0 Å². The fourth-order valence-electron chi connectivity index (χ4n) is 2.93. The molecule has 0 aliphatic carbocycles. The van der Waals surface area contributed by atoms with Gasteiger partial charge < -0.3 is 9.47 Å². The Labute approximate surface area is 155 Å². The largest absolute Gasteiger partial charge is 0.493 e. The lowest BCUT2D eigenvalue weighted by Gasteiger charge is -2.33. The van der Waals surface area contributed by atoms with Crippen LogP contribution >= 0.6 is 0 Å². The van der Waals surface area contributed by atoms with E-state index in [9.17, 15) is 13.2 Å². The molecule has 0 saturated carbocycles. The monoisotopic (exact) mass is 384 g/mol. The van der Waals surface area contributed by atoms with Crippen LogP contribution in [0.2, 0.25) is 0 Å². The Hall–Kier alpha value is -1.64. The molecule has 146 valence electrons. The lowest BCUT2D eigenvalue weighted by atomic mass is 10.1. The lowest BCUT2D eigenvalue weighted by Crippen LogP contribution is -2.50. The van der Waals surface area contributed by atoms with E-state index in [1.165, 1.54) is 7.11 Å². The van der Waals surface area contributed by atoms with Gasteiger partial charge in [0.25, 0.3) is 0 Å². The molecule has 26 heavy (non-hydrogen) atoms. The van der Waals surface area contributed by atoms with E-state index in [0.717, 1.165) is 6.42 Å². The van der Waals surface area contributed by atoms with Crippen LogP contribution in [0.15, 0.2) is 18.2 Å². The fourth-order valence-corrected chi connectivity index (χ4v) is 4.56. The first-order valence-corrected chi connectivity index (χ1v) is 10.5. The predicted molar refractivity (Wildman–Crippen MR) is 101 cm³/mol. The molecule has 0 radical (unpaired) electrons. The minimum absolute atomic E-state index is 0.0201. The number of carbonyl (C=O) groups is 1. The number of unbranched alkanes of at least 4 members (excludes halogenated alkanes) is 1. The number of rotatable bonds is 9. The second kappa shape index (κ2) is 9.34. The average Bonchev–Trinajstić information content (AvgIpc) is 2.66. The number of hydrogen-bond acceptors (Lipinski definition) is 6. The van der Waals surface area contributed by atoms with Gasteiger partial charge in [-0.3, -0.25) is 9.69 Å². The molecule has 0 N–H and O–H groups in total. The summed E-state index contributed by atoms with van der Waals surface area (Å²) in [5.41, 5.74) is 0.556. The molecule has 1 aliphatic heterocycles. The molecule has 8 heteroatoms. The van der Waals surface area contributed by atoms with Gasteiger partial charge in [-0.2, -0.15) is 4.31 Å². The van der Waals surface area contributed by atoms with Gasteiger partial charge in [0.15, 0.2) is 17.3 Å². The molecule has 2 rings (SSSR count). The van der Waals surface area contributed by atoms with E-state index in [1.54, 1.807) is 29.6 Å². The highest BCUT2D eigenvalue weighted by atomic mass is 32.2. The zero-order chi connectivity index (χ0) is 19.2. The van der Waals surface area contributed by atoms with Crippen LogP contribution in [0.1, 0.15) is 30.1 Å². The van der Waals surface area contributed by atoms with Crippen molar-refractivity contribution in [3.8, 4) is 11.5 Å². The van der Waals surface area contributed by atoms with Crippen LogP contribution in [0, 0.1) is 0 Å². The van der Waals surface area contributed by atoms with E-state index < -0.39 is 10.0 Å². The molecule has 1 saturated heterocycles. The number of ketones is 1. The molecule has 0 atom stereocenters. The molecule has 1 aromatic carbocycles. The Bertz CT molecular complexity index is 712. The molecule has 0 aromatic heterocycles. The topological polar surface area (TPSA) is 76.2 Å². The van der Waals surface area contributed by atoms with Crippen LogP contribution < -0.4 is 9.47 Å². The number of sulfonamides is 1. The highest BCUT2D eigenvalue weighted by molar-refractivity contribution is 7.89. The van der Waals surface area contributed by atoms with Gasteiger partial charge in [0.05, 0.1) is 26.5 Å². The summed E-state index contributed by atoms with van der Waals surface area (Å²) >= 11 is 0. The highest BCUT2D eigenvalue weighted by Gasteiger charge is 2.27. The minimum Gasteiger partial charge on any atom is -0.493 e. The third-order valence-corrected chi connectivity index (χ3v) is 6.51. The molecule has 1 aromatic rings. The first-order valence-electron chi connectivity index (χ1n) is 8.86. The normalized spacial score (nSPS) is 16.4. The number of hydrogen-bond donors (Lipinski definition) is 0. The highest BCUT2D eigenvalue weighted by Crippen LogP contribution is 2.27. The van der Waals surface area contributed by atoms with Crippen molar-refractivity contribution in [2.24, 2.45) is 0 Å². The van der Waals surface area contributed by atoms with Crippen LogP contribution in [-0.2, 0) is 10.0 Å². The van der Waals surface area contributed by atoms with Crippen molar-refractivity contribution in [2.45, 2.75) is 19.8 Å². The van der Waals surface area contributed by atoms with E-state index in [4.69, 9.17) is 9.47 Å². The second-order valence-corrected chi connectivity index (χ2v) is 8.43. The van der Waals surface area contributed by atoms with Gasteiger partial charge in [0, 0.05) is 31.7 Å². The fraction of sp³-hybridized carbons (Fsp3) is 0.611. The maximum absolute atomic E-state index is 12.5. The molecular formula is C18H28N2O5S. The summed E-state index contributed by atoms with van der Waals surface area (Å²) < 4.78 is 36.4. The molecule has 0 bridgehead atoms. The summed E-state index contributed by atoms with van der Waals surface area (Å²) in [5, 5.41) is 0. The minimum atomic E-state index is -3.17. The van der Waals surface area contributed by atoms with E-state index >= 15 is 0 Å². The summed E-state index contributed by atoms with van der Waals surface area (Å²) in [5.74, 6) is 1.28. The number of ether oxygens (including phenoxy) is 2. The Kier molecular flexibility index (Phi) is 7.43. The molecule has 7 nitrogen and oxygen atoms in total. The zero-order valence-electron chi connectivity index (χ0n) is 15.7. The SMILES string of the molecule is CCCCS(=O)(=O)N1CCN(CC(=O)c2ccc(OC)c(OC)c2)CC1. The molecular weight excluding hydrogens is 356 g/mol. The van der Waals surface area contributed by atoms with Crippen molar-refractivity contribution >= 4 is 15.8 Å². The van der Waals surface area contributed by atoms with E-state index in [2.05, 4.69) is 0 Å². The van der Waals surface area contributed by atoms with E-state index in [1.807, 2.05) is 11.8 Å². The Morgan fingerprint density at radius 2 is 1.73 bits per heavy atom. The van der Waals surface area contributed by atoms with Crippen molar-refractivity contribution in [2.75, 3.05) is 52.7 Å². The van der Waals surface area contributed by atoms with Gasteiger partial charge in [-0.15, -0.1) is 0 Å². The number of piperazine rings is 1. The van der Waals surface area contributed by atoms with Gasteiger partial charge in [-0.1, -0.05) is 13.3 Å². The summed E-state index contributed by atoms with van der Waals surface area (Å²) in [6.45, 7) is 4.23. The first-order chi connectivity index (χ1) is 12.4. The molecule has 1 fully saturated rings. The van der Waals surface area contributed by atoms with E-state index in [-0.39, 0.29) is 18.1 Å². The number of nitrogens with zero attached hydrogens (tertiary/aromatic N) is 2. The van der Waals surface area contributed by atoms with E-state index in [0.29, 0.717) is 49.7 Å². The predicted octanol–water partition coefficient (Wildman–Crippen LogP) is 1.63. The van der Waals surface area contributed by atoms with Gasteiger partial charge in [-0.05, 0) is 24.6 Å². The maximum atomic E-state index is 12.5. The van der Waals surface area contributed by atoms with Crippen LogP contribution in [0.25, 0.3) is 0 Å². The number of methoxy groups -OCH3 is 2. The summed E-state index contributed by atoms with van der Waals surface area (Å²) in [7, 11) is -0.0939. The third-order valence-electron chi connectivity index (χ3n) is 4.55. The maximum Gasteiger partial charge on any atom is 0.214 e. The van der Waals surface area contributed by atoms with Gasteiger partial charge >= 0.3 is 0 Å². The smallest absolute Gasteiger partial charge is 0.214 e. The van der Waals surface area contributed by atoms with Crippen molar-refractivity contribution in [3.63, 3.8) is 0 Å². The van der Waals surface area contributed by atoms with Crippen molar-refractivity contribution in [1.29, 1.82) is 0 Å². The zero-order valence-corrected chi connectivity index (χ0v) is 16.5. The Balaban J connectivity index is 1.92. The van der Waals surface area contributed by atoms with Crippen LogP contribution in [0.4, 0.5) is 0 Å². The average molecular weight is 384 g/mol. The second-order valence-electron chi connectivity index (χ2n) is 6.34. The van der Waals surface area contributed by atoms with Gasteiger partial charge in [-0.25, -0.2) is 8.42 Å². The Morgan fingerprint density at radius 1 is 1.08 bits per heavy atom. The number of benzene rings is 1. The van der Waals surface area contributed by atoms with Crippen LogP contribution in [0.5, 0.6) is 11.5 Å². The van der Waals surface area contributed by atoms with Gasteiger partial charge in [0.1, 0.15) is 0 Å². The van der Waals surface area contributed by atoms with Gasteiger partial charge in [0.2, 0.25) is 10.0 Å². The Morgan fingerprint density at radius 3 is 2.31 bits per heavy atom. The summed E-state index contributed by atoms with van der Waals surface area (Å²) in [4.78, 5) is 14.5. The summed E-state index contributed by atoms with van der Waals surface area (Å²) in [6.07, 6.45) is 1.54. The molecule has 0 spiro atoms.